The predicted octanol–water partition coefficient (Wildman–Crippen LogP) is 3.24. The maximum atomic E-state index is 6.05. The van der Waals surface area contributed by atoms with Crippen molar-refractivity contribution < 1.29 is 9.47 Å². The van der Waals surface area contributed by atoms with Crippen LogP contribution in [0, 0.1) is 0 Å². The molecule has 1 saturated carbocycles. The largest absolute Gasteiger partial charge is 0.473 e. The van der Waals surface area contributed by atoms with E-state index in [0.29, 0.717) is 12.1 Å². The van der Waals surface area contributed by atoms with Crippen molar-refractivity contribution in [3.8, 4) is 5.88 Å². The third-order valence-corrected chi connectivity index (χ3v) is 3.45. The molecule has 0 spiro atoms. The Bertz CT molecular complexity index is 387. The predicted molar refractivity (Wildman–Crippen MR) is 76.7 cm³/mol. The van der Waals surface area contributed by atoms with Gasteiger partial charge in [-0.1, -0.05) is 0 Å². The zero-order valence-electron chi connectivity index (χ0n) is 12.1. The van der Waals surface area contributed by atoms with Gasteiger partial charge in [0.2, 0.25) is 5.88 Å². The average molecular weight is 264 g/mol. The van der Waals surface area contributed by atoms with E-state index in [-0.39, 0.29) is 6.10 Å². The summed E-state index contributed by atoms with van der Waals surface area (Å²) in [7, 11) is 1.79. The number of hydrogen-bond acceptors (Lipinski definition) is 4. The fraction of sp³-hybridized carbons (Fsp3) is 0.667. The van der Waals surface area contributed by atoms with Crippen LogP contribution in [0.25, 0.3) is 0 Å². The molecule has 1 aromatic rings. The van der Waals surface area contributed by atoms with Crippen molar-refractivity contribution in [3.05, 3.63) is 18.3 Å². The average Bonchev–Trinajstić information content (AvgIpc) is 2.41. The van der Waals surface area contributed by atoms with Gasteiger partial charge in [0.05, 0.1) is 11.8 Å². The summed E-state index contributed by atoms with van der Waals surface area (Å²) in [4.78, 5) is 4.35. The van der Waals surface area contributed by atoms with Crippen LogP contribution in [0.5, 0.6) is 5.88 Å². The van der Waals surface area contributed by atoms with Gasteiger partial charge in [-0.2, -0.15) is 0 Å². The molecular formula is C15H24N2O2. The molecule has 0 aliphatic heterocycles. The van der Waals surface area contributed by atoms with E-state index in [4.69, 9.17) is 9.47 Å². The fourth-order valence-corrected chi connectivity index (χ4v) is 2.45. The Hall–Kier alpha value is -1.29. The number of nitrogens with one attached hydrogen (secondary N) is 1. The van der Waals surface area contributed by atoms with E-state index in [1.807, 2.05) is 12.1 Å². The lowest BCUT2D eigenvalue weighted by Gasteiger charge is -2.28. The smallest absolute Gasteiger partial charge is 0.237 e. The first-order chi connectivity index (χ1) is 9.19. The highest BCUT2D eigenvalue weighted by atomic mass is 16.5. The number of pyridine rings is 1. The van der Waals surface area contributed by atoms with Gasteiger partial charge >= 0.3 is 0 Å². The minimum Gasteiger partial charge on any atom is -0.473 e. The number of aromatic nitrogens is 1. The normalized spacial score (nSPS) is 23.4. The molecule has 1 aromatic heterocycles. The Morgan fingerprint density at radius 2 is 1.89 bits per heavy atom. The SMILES string of the molecule is CO[C@H]1CC[C@H](Oc2ncccc2NC(C)C)CC1. The molecule has 1 heterocycles. The lowest BCUT2D eigenvalue weighted by atomic mass is 9.95. The van der Waals surface area contributed by atoms with Gasteiger partial charge in [-0.25, -0.2) is 4.98 Å². The van der Waals surface area contributed by atoms with E-state index >= 15 is 0 Å². The van der Waals surface area contributed by atoms with Gasteiger partial charge in [0.25, 0.3) is 0 Å². The second-order valence-electron chi connectivity index (χ2n) is 5.41. The highest BCUT2D eigenvalue weighted by Crippen LogP contribution is 2.28. The van der Waals surface area contributed by atoms with Crippen LogP contribution in [0.1, 0.15) is 39.5 Å². The molecule has 1 aliphatic carbocycles. The molecule has 0 amide bonds. The molecule has 1 aliphatic rings. The van der Waals surface area contributed by atoms with Crippen molar-refractivity contribution in [1.29, 1.82) is 0 Å². The topological polar surface area (TPSA) is 43.4 Å². The molecule has 0 radical (unpaired) electrons. The first kappa shape index (κ1) is 14.1. The third kappa shape index (κ3) is 4.10. The molecule has 0 aromatic carbocycles. The molecule has 2 rings (SSSR count). The van der Waals surface area contributed by atoms with Gasteiger partial charge in [-0.05, 0) is 51.7 Å². The maximum absolute atomic E-state index is 6.05. The number of anilines is 1. The van der Waals surface area contributed by atoms with Crippen molar-refractivity contribution >= 4 is 5.69 Å². The van der Waals surface area contributed by atoms with Crippen LogP contribution in [-0.4, -0.2) is 30.3 Å². The minimum atomic E-state index is 0.258. The lowest BCUT2D eigenvalue weighted by Crippen LogP contribution is -2.28. The Kier molecular flexibility index (Phi) is 5.02. The highest BCUT2D eigenvalue weighted by molar-refractivity contribution is 5.52. The standard InChI is InChI=1S/C15H24N2O2/c1-11(2)17-14-5-4-10-16-15(14)19-13-8-6-12(18-3)7-9-13/h4-5,10-13,17H,6-9H2,1-3H3/t12-,13-. The van der Waals surface area contributed by atoms with Crippen molar-refractivity contribution in [2.24, 2.45) is 0 Å². The van der Waals surface area contributed by atoms with Crippen molar-refractivity contribution in [2.75, 3.05) is 12.4 Å². The van der Waals surface area contributed by atoms with Crippen molar-refractivity contribution in [3.63, 3.8) is 0 Å². The summed E-state index contributed by atoms with van der Waals surface area (Å²) < 4.78 is 11.4. The van der Waals surface area contributed by atoms with Crippen LogP contribution in [0.15, 0.2) is 18.3 Å². The molecule has 1 N–H and O–H groups in total. The van der Waals surface area contributed by atoms with E-state index < -0.39 is 0 Å². The van der Waals surface area contributed by atoms with Crippen LogP contribution >= 0.6 is 0 Å². The summed E-state index contributed by atoms with van der Waals surface area (Å²) >= 11 is 0. The Labute approximate surface area is 115 Å². The zero-order chi connectivity index (χ0) is 13.7. The summed E-state index contributed by atoms with van der Waals surface area (Å²) in [5.74, 6) is 0.720. The van der Waals surface area contributed by atoms with Crippen LogP contribution in [0.4, 0.5) is 5.69 Å². The second-order valence-corrected chi connectivity index (χ2v) is 5.41. The minimum absolute atomic E-state index is 0.258. The van der Waals surface area contributed by atoms with Crippen LogP contribution in [0.3, 0.4) is 0 Å². The van der Waals surface area contributed by atoms with Gasteiger partial charge < -0.3 is 14.8 Å². The van der Waals surface area contributed by atoms with E-state index in [9.17, 15) is 0 Å². The van der Waals surface area contributed by atoms with Crippen molar-refractivity contribution in [2.45, 2.75) is 57.8 Å². The van der Waals surface area contributed by atoms with Crippen LogP contribution in [-0.2, 0) is 4.74 Å². The van der Waals surface area contributed by atoms with Gasteiger partial charge in [0, 0.05) is 19.3 Å². The van der Waals surface area contributed by atoms with Crippen LogP contribution < -0.4 is 10.1 Å². The van der Waals surface area contributed by atoms with E-state index in [1.165, 1.54) is 0 Å². The Balaban J connectivity index is 1.95. The number of ether oxygens (including phenoxy) is 2. The molecular weight excluding hydrogens is 240 g/mol. The maximum Gasteiger partial charge on any atom is 0.237 e. The summed E-state index contributed by atoms with van der Waals surface area (Å²) in [6, 6.07) is 4.32. The summed E-state index contributed by atoms with van der Waals surface area (Å²) in [5, 5.41) is 3.37. The monoisotopic (exact) mass is 264 g/mol. The number of nitrogens with zero attached hydrogens (tertiary/aromatic N) is 1. The zero-order valence-corrected chi connectivity index (χ0v) is 12.1. The highest BCUT2D eigenvalue weighted by Gasteiger charge is 2.23. The van der Waals surface area contributed by atoms with Gasteiger partial charge in [0.15, 0.2) is 0 Å². The van der Waals surface area contributed by atoms with E-state index in [2.05, 4.69) is 24.1 Å². The van der Waals surface area contributed by atoms with E-state index in [0.717, 1.165) is 37.3 Å². The molecule has 0 atom stereocenters. The van der Waals surface area contributed by atoms with Gasteiger partial charge in [0.1, 0.15) is 6.10 Å². The van der Waals surface area contributed by atoms with E-state index in [1.54, 1.807) is 13.3 Å². The first-order valence-electron chi connectivity index (χ1n) is 7.10. The second kappa shape index (κ2) is 6.75. The first-order valence-corrected chi connectivity index (χ1v) is 7.10. The molecule has 19 heavy (non-hydrogen) atoms. The number of methoxy groups -OCH3 is 1. The summed E-state index contributed by atoms with van der Waals surface area (Å²) in [6.07, 6.45) is 6.65. The lowest BCUT2D eigenvalue weighted by molar-refractivity contribution is 0.0316. The Morgan fingerprint density at radius 3 is 2.53 bits per heavy atom. The molecule has 0 bridgehead atoms. The summed E-state index contributed by atoms with van der Waals surface area (Å²) in [6.45, 7) is 4.22. The fourth-order valence-electron chi connectivity index (χ4n) is 2.45. The molecule has 106 valence electrons. The molecule has 0 unspecified atom stereocenters. The summed E-state index contributed by atoms with van der Waals surface area (Å²) in [5.41, 5.74) is 0.978. The molecule has 4 heteroatoms. The molecule has 4 nitrogen and oxygen atoms in total. The number of rotatable bonds is 5. The third-order valence-electron chi connectivity index (χ3n) is 3.45. The number of hydrogen-bond donors (Lipinski definition) is 1. The van der Waals surface area contributed by atoms with Crippen LogP contribution in [0.2, 0.25) is 0 Å². The van der Waals surface area contributed by atoms with Gasteiger partial charge in [-0.3, -0.25) is 0 Å². The Morgan fingerprint density at radius 1 is 1.21 bits per heavy atom. The van der Waals surface area contributed by atoms with Crippen molar-refractivity contribution in [1.82, 2.24) is 4.98 Å². The molecule has 0 saturated heterocycles. The molecule has 1 fully saturated rings. The quantitative estimate of drug-likeness (QED) is 0.886. The van der Waals surface area contributed by atoms with Gasteiger partial charge in [-0.15, -0.1) is 0 Å².